The van der Waals surface area contributed by atoms with Crippen LogP contribution in [0.2, 0.25) is 0 Å². The molecule has 0 spiro atoms. The maximum Gasteiger partial charge on any atom is 0.387 e. The van der Waals surface area contributed by atoms with Crippen LogP contribution in [0.25, 0.3) is 0 Å². The monoisotopic (exact) mass is 286 g/mol. The van der Waals surface area contributed by atoms with E-state index in [0.29, 0.717) is 6.54 Å². The zero-order chi connectivity index (χ0) is 15.0. The number of carbonyl (C=O) groups excluding carboxylic acids is 1. The van der Waals surface area contributed by atoms with Crippen molar-refractivity contribution in [1.82, 2.24) is 10.6 Å². The van der Waals surface area contributed by atoms with E-state index < -0.39 is 6.61 Å². The Labute approximate surface area is 117 Å². The number of nitrogens with one attached hydrogen (secondary N) is 2. The summed E-state index contributed by atoms with van der Waals surface area (Å²) >= 11 is 0. The minimum atomic E-state index is -2.82. The Balaban J connectivity index is 2.43. The summed E-state index contributed by atoms with van der Waals surface area (Å²) in [5.41, 5.74) is 0.898. The average molecular weight is 286 g/mol. The van der Waals surface area contributed by atoms with Crippen LogP contribution in [0, 0.1) is 0 Å². The molecule has 0 fully saturated rings. The molecule has 0 aromatic heterocycles. The predicted molar refractivity (Wildman–Crippen MR) is 72.8 cm³/mol. The minimum absolute atomic E-state index is 0.0528. The average Bonchev–Trinajstić information content (AvgIpc) is 2.42. The van der Waals surface area contributed by atoms with E-state index in [1.54, 1.807) is 12.1 Å². The summed E-state index contributed by atoms with van der Waals surface area (Å²) in [5.74, 6) is 0.0630. The molecule has 0 aliphatic heterocycles. The molecular formula is C14H20F2N2O2. The molecule has 1 aromatic rings. The fraction of sp³-hybridized carbons (Fsp3) is 0.500. The molecule has 112 valence electrons. The van der Waals surface area contributed by atoms with Crippen LogP contribution in [0.5, 0.6) is 5.75 Å². The topological polar surface area (TPSA) is 50.4 Å². The number of benzene rings is 1. The largest absolute Gasteiger partial charge is 0.435 e. The van der Waals surface area contributed by atoms with E-state index in [4.69, 9.17) is 0 Å². The van der Waals surface area contributed by atoms with Gasteiger partial charge in [-0.05, 0) is 31.0 Å². The molecule has 0 saturated carbocycles. The molecule has 6 heteroatoms. The van der Waals surface area contributed by atoms with Crippen molar-refractivity contribution in [3.63, 3.8) is 0 Å². The predicted octanol–water partition coefficient (Wildman–Crippen LogP) is 2.46. The van der Waals surface area contributed by atoms with E-state index in [2.05, 4.69) is 15.4 Å². The standard InChI is InChI=1S/C14H20F2N2O2/c1-3-8-17-13(19)9-18-10(2)11-4-6-12(7-5-11)20-14(15)16/h4-7,10,14,18H,3,8-9H2,1-2H3,(H,17,19). The number of rotatable bonds is 8. The van der Waals surface area contributed by atoms with Crippen LogP contribution in [0.3, 0.4) is 0 Å². The summed E-state index contributed by atoms with van der Waals surface area (Å²) in [6.07, 6.45) is 0.896. The summed E-state index contributed by atoms with van der Waals surface area (Å²) < 4.78 is 28.3. The van der Waals surface area contributed by atoms with Gasteiger partial charge in [0.25, 0.3) is 0 Å². The maximum atomic E-state index is 12.0. The molecule has 1 atom stereocenters. The number of carbonyl (C=O) groups is 1. The number of amides is 1. The molecule has 1 aromatic carbocycles. The molecule has 0 heterocycles. The van der Waals surface area contributed by atoms with Gasteiger partial charge in [0.1, 0.15) is 5.75 Å². The fourth-order valence-corrected chi connectivity index (χ4v) is 1.63. The molecular weight excluding hydrogens is 266 g/mol. The second kappa shape index (κ2) is 8.47. The van der Waals surface area contributed by atoms with E-state index in [-0.39, 0.29) is 24.2 Å². The van der Waals surface area contributed by atoms with Crippen molar-refractivity contribution in [3.05, 3.63) is 29.8 Å². The van der Waals surface area contributed by atoms with Crippen molar-refractivity contribution in [2.75, 3.05) is 13.1 Å². The number of alkyl halides is 2. The molecule has 1 rings (SSSR count). The van der Waals surface area contributed by atoms with Crippen molar-refractivity contribution in [1.29, 1.82) is 0 Å². The highest BCUT2D eigenvalue weighted by Gasteiger charge is 2.09. The lowest BCUT2D eigenvalue weighted by Gasteiger charge is -2.14. The maximum absolute atomic E-state index is 12.0. The van der Waals surface area contributed by atoms with Gasteiger partial charge in [0, 0.05) is 12.6 Å². The van der Waals surface area contributed by atoms with Crippen LogP contribution in [0.4, 0.5) is 8.78 Å². The first-order valence-corrected chi connectivity index (χ1v) is 6.57. The lowest BCUT2D eigenvalue weighted by atomic mass is 10.1. The van der Waals surface area contributed by atoms with Gasteiger partial charge < -0.3 is 15.4 Å². The van der Waals surface area contributed by atoms with Crippen molar-refractivity contribution in [2.45, 2.75) is 32.9 Å². The highest BCUT2D eigenvalue weighted by molar-refractivity contribution is 5.77. The number of halogens is 2. The quantitative estimate of drug-likeness (QED) is 0.772. The molecule has 0 aliphatic rings. The van der Waals surface area contributed by atoms with Gasteiger partial charge in [0.2, 0.25) is 5.91 Å². The van der Waals surface area contributed by atoms with Crippen LogP contribution in [-0.2, 0) is 4.79 Å². The molecule has 0 bridgehead atoms. The van der Waals surface area contributed by atoms with Crippen molar-refractivity contribution in [2.24, 2.45) is 0 Å². The van der Waals surface area contributed by atoms with Crippen molar-refractivity contribution in [3.8, 4) is 5.75 Å². The molecule has 1 unspecified atom stereocenters. The first-order valence-electron chi connectivity index (χ1n) is 6.57. The molecule has 0 radical (unpaired) electrons. The summed E-state index contributed by atoms with van der Waals surface area (Å²) in [7, 11) is 0. The third-order valence-electron chi connectivity index (χ3n) is 2.75. The van der Waals surface area contributed by atoms with Crippen LogP contribution in [0.1, 0.15) is 31.9 Å². The lowest BCUT2D eigenvalue weighted by Crippen LogP contribution is -2.35. The summed E-state index contributed by atoms with van der Waals surface area (Å²) in [6, 6.07) is 6.30. The zero-order valence-electron chi connectivity index (χ0n) is 11.7. The Kier molecular flexibility index (Phi) is 6.93. The molecule has 0 aliphatic carbocycles. The minimum Gasteiger partial charge on any atom is -0.435 e. The summed E-state index contributed by atoms with van der Waals surface area (Å²) in [4.78, 5) is 11.4. The van der Waals surface area contributed by atoms with Crippen LogP contribution in [0.15, 0.2) is 24.3 Å². The van der Waals surface area contributed by atoms with Crippen molar-refractivity contribution < 1.29 is 18.3 Å². The molecule has 4 nitrogen and oxygen atoms in total. The zero-order valence-corrected chi connectivity index (χ0v) is 11.7. The Bertz CT molecular complexity index is 410. The van der Waals surface area contributed by atoms with Gasteiger partial charge in [-0.15, -0.1) is 0 Å². The first kappa shape index (κ1) is 16.4. The molecule has 1 amide bonds. The fourth-order valence-electron chi connectivity index (χ4n) is 1.63. The molecule has 2 N–H and O–H groups in total. The SMILES string of the molecule is CCCNC(=O)CNC(C)c1ccc(OC(F)F)cc1. The molecule has 20 heavy (non-hydrogen) atoms. The van der Waals surface area contributed by atoms with Crippen LogP contribution in [-0.4, -0.2) is 25.6 Å². The highest BCUT2D eigenvalue weighted by atomic mass is 19.3. The second-order valence-corrected chi connectivity index (χ2v) is 4.40. The van der Waals surface area contributed by atoms with Gasteiger partial charge in [0.15, 0.2) is 0 Å². The van der Waals surface area contributed by atoms with Crippen LogP contribution < -0.4 is 15.4 Å². The van der Waals surface area contributed by atoms with Gasteiger partial charge in [0.05, 0.1) is 6.54 Å². The number of hydrogen-bond acceptors (Lipinski definition) is 3. The Morgan fingerprint density at radius 1 is 1.30 bits per heavy atom. The van der Waals surface area contributed by atoms with Gasteiger partial charge >= 0.3 is 6.61 Å². The van der Waals surface area contributed by atoms with Crippen molar-refractivity contribution >= 4 is 5.91 Å². The Morgan fingerprint density at radius 3 is 2.50 bits per heavy atom. The third-order valence-corrected chi connectivity index (χ3v) is 2.75. The van der Waals surface area contributed by atoms with Crippen LogP contribution >= 0.6 is 0 Å². The van der Waals surface area contributed by atoms with Gasteiger partial charge in [-0.3, -0.25) is 4.79 Å². The third kappa shape index (κ3) is 5.97. The lowest BCUT2D eigenvalue weighted by molar-refractivity contribution is -0.120. The number of hydrogen-bond donors (Lipinski definition) is 2. The smallest absolute Gasteiger partial charge is 0.387 e. The van der Waals surface area contributed by atoms with E-state index in [1.807, 2.05) is 13.8 Å². The van der Waals surface area contributed by atoms with E-state index >= 15 is 0 Å². The van der Waals surface area contributed by atoms with Gasteiger partial charge in [-0.25, -0.2) is 0 Å². The van der Waals surface area contributed by atoms with E-state index in [1.165, 1.54) is 12.1 Å². The van der Waals surface area contributed by atoms with Gasteiger partial charge in [-0.1, -0.05) is 19.1 Å². The Hall–Kier alpha value is -1.69. The normalized spacial score (nSPS) is 12.2. The summed E-state index contributed by atoms with van der Waals surface area (Å²) in [6.45, 7) is 1.94. The second-order valence-electron chi connectivity index (χ2n) is 4.40. The summed E-state index contributed by atoms with van der Waals surface area (Å²) in [5, 5.41) is 5.83. The highest BCUT2D eigenvalue weighted by Crippen LogP contribution is 2.18. The van der Waals surface area contributed by atoms with E-state index in [0.717, 1.165) is 12.0 Å². The Morgan fingerprint density at radius 2 is 1.95 bits per heavy atom. The number of ether oxygens (including phenoxy) is 1. The van der Waals surface area contributed by atoms with E-state index in [9.17, 15) is 13.6 Å². The van der Waals surface area contributed by atoms with Gasteiger partial charge in [-0.2, -0.15) is 8.78 Å². The first-order chi connectivity index (χ1) is 9.52. The molecule has 0 saturated heterocycles.